The van der Waals surface area contributed by atoms with Gasteiger partial charge in [-0.05, 0) is 49.9 Å². The first-order chi connectivity index (χ1) is 11.6. The van der Waals surface area contributed by atoms with Crippen LogP contribution < -0.4 is 5.32 Å². The molecule has 1 N–H and O–H groups in total. The minimum absolute atomic E-state index is 0.0785. The lowest BCUT2D eigenvalue weighted by Gasteiger charge is -2.04. The van der Waals surface area contributed by atoms with Gasteiger partial charge in [0.1, 0.15) is 5.82 Å². The van der Waals surface area contributed by atoms with Crippen LogP contribution in [0.15, 0.2) is 36.8 Å². The molecule has 0 aliphatic heterocycles. The van der Waals surface area contributed by atoms with Gasteiger partial charge in [-0.2, -0.15) is 0 Å². The molecule has 5 heteroatoms. The van der Waals surface area contributed by atoms with E-state index in [0.717, 1.165) is 47.3 Å². The summed E-state index contributed by atoms with van der Waals surface area (Å²) in [5, 5.41) is 2.91. The SMILES string of the molecule is CCc1nc(C)cn2cc(-c3ccnc(NC(=O)C4CC4)c3)cc12. The highest BCUT2D eigenvalue weighted by atomic mass is 16.2. The molecule has 5 nitrogen and oxygen atoms in total. The highest BCUT2D eigenvalue weighted by molar-refractivity contribution is 5.93. The van der Waals surface area contributed by atoms with Crippen LogP contribution in [-0.4, -0.2) is 20.3 Å². The van der Waals surface area contributed by atoms with E-state index < -0.39 is 0 Å². The van der Waals surface area contributed by atoms with Crippen LogP contribution in [0.2, 0.25) is 0 Å². The van der Waals surface area contributed by atoms with Gasteiger partial charge in [0, 0.05) is 30.1 Å². The Hall–Kier alpha value is -2.69. The van der Waals surface area contributed by atoms with Crippen molar-refractivity contribution in [2.75, 3.05) is 5.32 Å². The first-order valence-corrected chi connectivity index (χ1v) is 8.39. The number of anilines is 1. The lowest BCUT2D eigenvalue weighted by molar-refractivity contribution is -0.117. The molecular formula is C19H20N4O. The fourth-order valence-corrected chi connectivity index (χ4v) is 2.99. The van der Waals surface area contributed by atoms with Gasteiger partial charge in [0.15, 0.2) is 0 Å². The highest BCUT2D eigenvalue weighted by Crippen LogP contribution is 2.31. The largest absolute Gasteiger partial charge is 0.320 e. The average Bonchev–Trinajstić information content (AvgIpc) is 3.34. The molecule has 0 saturated heterocycles. The fraction of sp³-hybridized carbons (Fsp3) is 0.316. The molecular weight excluding hydrogens is 300 g/mol. The number of rotatable bonds is 4. The third kappa shape index (κ3) is 2.77. The molecule has 3 aromatic heterocycles. The van der Waals surface area contributed by atoms with Gasteiger partial charge in [0.05, 0.1) is 16.9 Å². The van der Waals surface area contributed by atoms with E-state index in [2.05, 4.69) is 38.9 Å². The molecule has 1 amide bonds. The number of nitrogens with zero attached hydrogens (tertiary/aromatic N) is 3. The molecule has 0 aromatic carbocycles. The summed E-state index contributed by atoms with van der Waals surface area (Å²) in [6, 6.07) is 6.04. The number of aromatic nitrogens is 3. The van der Waals surface area contributed by atoms with E-state index in [1.807, 2.05) is 25.3 Å². The van der Waals surface area contributed by atoms with Crippen LogP contribution in [0.5, 0.6) is 0 Å². The van der Waals surface area contributed by atoms with E-state index in [4.69, 9.17) is 0 Å². The maximum atomic E-state index is 11.9. The molecule has 3 aromatic rings. The van der Waals surface area contributed by atoms with E-state index in [1.165, 1.54) is 0 Å². The third-order valence-corrected chi connectivity index (χ3v) is 4.41. The standard InChI is InChI=1S/C19H20N4O/c1-3-16-17-8-15(11-23(17)10-12(2)21-16)14-6-7-20-18(9-14)22-19(24)13-4-5-13/h6-11,13H,3-5H2,1-2H3,(H,20,22,24). The molecule has 4 rings (SSSR count). The Kier molecular flexibility index (Phi) is 3.56. The summed E-state index contributed by atoms with van der Waals surface area (Å²) in [5.74, 6) is 0.869. The van der Waals surface area contributed by atoms with Gasteiger partial charge in [-0.3, -0.25) is 9.78 Å². The Bertz CT molecular complexity index is 924. The van der Waals surface area contributed by atoms with Gasteiger partial charge in [0.25, 0.3) is 0 Å². The maximum Gasteiger partial charge on any atom is 0.228 e. The summed E-state index contributed by atoms with van der Waals surface area (Å²) in [7, 11) is 0. The number of carbonyl (C=O) groups is 1. The topological polar surface area (TPSA) is 59.3 Å². The average molecular weight is 320 g/mol. The summed E-state index contributed by atoms with van der Waals surface area (Å²) in [4.78, 5) is 20.8. The van der Waals surface area contributed by atoms with Crippen molar-refractivity contribution in [3.63, 3.8) is 0 Å². The molecule has 1 fully saturated rings. The van der Waals surface area contributed by atoms with Crippen LogP contribution in [0.1, 0.15) is 31.2 Å². The van der Waals surface area contributed by atoms with Gasteiger partial charge >= 0.3 is 0 Å². The van der Waals surface area contributed by atoms with Crippen molar-refractivity contribution >= 4 is 17.2 Å². The Morgan fingerprint density at radius 3 is 2.88 bits per heavy atom. The number of hydrogen-bond donors (Lipinski definition) is 1. The molecule has 1 aliphatic rings. The van der Waals surface area contributed by atoms with Gasteiger partial charge < -0.3 is 9.72 Å². The van der Waals surface area contributed by atoms with E-state index >= 15 is 0 Å². The number of hydrogen-bond acceptors (Lipinski definition) is 3. The van der Waals surface area contributed by atoms with Crippen LogP contribution in [0.3, 0.4) is 0 Å². The maximum absolute atomic E-state index is 11.9. The van der Waals surface area contributed by atoms with Gasteiger partial charge in [0.2, 0.25) is 5.91 Å². The minimum atomic E-state index is 0.0785. The fourth-order valence-electron chi connectivity index (χ4n) is 2.99. The number of aryl methyl sites for hydroxylation is 2. The molecule has 0 spiro atoms. The van der Waals surface area contributed by atoms with Crippen LogP contribution in [0.4, 0.5) is 5.82 Å². The van der Waals surface area contributed by atoms with Crippen LogP contribution >= 0.6 is 0 Å². The normalized spacial score (nSPS) is 14.1. The van der Waals surface area contributed by atoms with Crippen molar-refractivity contribution in [3.05, 3.63) is 48.2 Å². The zero-order valence-electron chi connectivity index (χ0n) is 13.9. The molecule has 0 atom stereocenters. The Morgan fingerprint density at radius 2 is 2.12 bits per heavy atom. The Labute approximate surface area is 140 Å². The second-order valence-corrected chi connectivity index (χ2v) is 6.40. The number of fused-ring (bicyclic) bond motifs is 1. The van der Waals surface area contributed by atoms with Crippen molar-refractivity contribution in [3.8, 4) is 11.1 Å². The van der Waals surface area contributed by atoms with E-state index in [9.17, 15) is 4.79 Å². The Balaban J connectivity index is 1.70. The van der Waals surface area contributed by atoms with Crippen LogP contribution in [0.25, 0.3) is 16.6 Å². The third-order valence-electron chi connectivity index (χ3n) is 4.41. The number of carbonyl (C=O) groups excluding carboxylic acids is 1. The second-order valence-electron chi connectivity index (χ2n) is 6.40. The summed E-state index contributed by atoms with van der Waals surface area (Å²) < 4.78 is 2.12. The minimum Gasteiger partial charge on any atom is -0.320 e. The molecule has 3 heterocycles. The zero-order valence-corrected chi connectivity index (χ0v) is 13.9. The lowest BCUT2D eigenvalue weighted by Crippen LogP contribution is -2.14. The van der Waals surface area contributed by atoms with Crippen molar-refractivity contribution in [2.45, 2.75) is 33.1 Å². The van der Waals surface area contributed by atoms with Gasteiger partial charge in [-0.15, -0.1) is 0 Å². The monoisotopic (exact) mass is 320 g/mol. The first-order valence-electron chi connectivity index (χ1n) is 8.39. The highest BCUT2D eigenvalue weighted by Gasteiger charge is 2.29. The predicted molar refractivity (Wildman–Crippen MR) is 93.9 cm³/mol. The summed E-state index contributed by atoms with van der Waals surface area (Å²) in [6.07, 6.45) is 8.75. The summed E-state index contributed by atoms with van der Waals surface area (Å²) >= 11 is 0. The zero-order chi connectivity index (χ0) is 16.7. The molecule has 1 saturated carbocycles. The molecule has 24 heavy (non-hydrogen) atoms. The van der Waals surface area contributed by atoms with Crippen molar-refractivity contribution in [1.29, 1.82) is 0 Å². The molecule has 122 valence electrons. The van der Waals surface area contributed by atoms with Crippen LogP contribution in [0, 0.1) is 12.8 Å². The van der Waals surface area contributed by atoms with E-state index in [0.29, 0.717) is 5.82 Å². The summed E-state index contributed by atoms with van der Waals surface area (Å²) in [6.45, 7) is 4.13. The predicted octanol–water partition coefficient (Wildman–Crippen LogP) is 3.62. The Morgan fingerprint density at radius 1 is 1.29 bits per heavy atom. The van der Waals surface area contributed by atoms with Crippen molar-refractivity contribution in [2.24, 2.45) is 5.92 Å². The van der Waals surface area contributed by atoms with Gasteiger partial charge in [-0.25, -0.2) is 4.98 Å². The van der Waals surface area contributed by atoms with Crippen molar-refractivity contribution in [1.82, 2.24) is 14.4 Å². The van der Waals surface area contributed by atoms with Gasteiger partial charge in [-0.1, -0.05) is 6.92 Å². The number of amides is 1. The number of nitrogens with one attached hydrogen (secondary N) is 1. The molecule has 0 bridgehead atoms. The smallest absolute Gasteiger partial charge is 0.228 e. The summed E-state index contributed by atoms with van der Waals surface area (Å²) in [5.41, 5.74) is 5.37. The lowest BCUT2D eigenvalue weighted by atomic mass is 10.1. The van der Waals surface area contributed by atoms with Crippen molar-refractivity contribution < 1.29 is 4.79 Å². The number of pyridine rings is 1. The second kappa shape index (κ2) is 5.74. The van der Waals surface area contributed by atoms with Crippen LogP contribution in [-0.2, 0) is 11.2 Å². The first kappa shape index (κ1) is 14.9. The molecule has 0 radical (unpaired) electrons. The quantitative estimate of drug-likeness (QED) is 0.799. The van der Waals surface area contributed by atoms with E-state index in [-0.39, 0.29) is 11.8 Å². The molecule has 1 aliphatic carbocycles. The molecule has 0 unspecified atom stereocenters. The van der Waals surface area contributed by atoms with E-state index in [1.54, 1.807) is 6.20 Å².